The van der Waals surface area contributed by atoms with Gasteiger partial charge in [0, 0.05) is 9.90 Å². The summed E-state index contributed by atoms with van der Waals surface area (Å²) in [6.45, 7) is 0. The lowest BCUT2D eigenvalue weighted by Gasteiger charge is -2.10. The molecule has 4 nitrogen and oxygen atoms in total. The van der Waals surface area contributed by atoms with Gasteiger partial charge in [0.25, 0.3) is 5.56 Å². The number of aryl methyl sites for hydroxylation is 2. The number of nitrogens with zero attached hydrogens (tertiary/aromatic N) is 1. The van der Waals surface area contributed by atoms with Gasteiger partial charge in [-0.25, -0.2) is 9.36 Å². The summed E-state index contributed by atoms with van der Waals surface area (Å²) in [5.74, 6) is 0. The molecule has 3 aromatic rings. The SMILES string of the molecule is O=c1[nH]c2sc3c(c2c(=O)n1-c1ccc(Cl)cc1)CCCC3. The van der Waals surface area contributed by atoms with Gasteiger partial charge in [0.05, 0.1) is 11.1 Å². The average Bonchev–Trinajstić information content (AvgIpc) is 2.87. The molecule has 22 heavy (non-hydrogen) atoms. The molecule has 112 valence electrons. The third-order valence-corrected chi connectivity index (χ3v) is 5.56. The van der Waals surface area contributed by atoms with Crippen molar-refractivity contribution in [3.8, 4) is 5.69 Å². The minimum absolute atomic E-state index is 0.236. The van der Waals surface area contributed by atoms with Crippen molar-refractivity contribution in [2.45, 2.75) is 25.7 Å². The molecule has 0 atom stereocenters. The lowest BCUT2D eigenvalue weighted by Crippen LogP contribution is -2.33. The second-order valence-electron chi connectivity index (χ2n) is 5.46. The minimum atomic E-state index is -0.404. The minimum Gasteiger partial charge on any atom is -0.298 e. The van der Waals surface area contributed by atoms with Crippen molar-refractivity contribution in [3.05, 3.63) is 60.6 Å². The Morgan fingerprint density at radius 2 is 1.82 bits per heavy atom. The first kappa shape index (κ1) is 13.8. The predicted octanol–water partition coefficient (Wildman–Crippen LogP) is 3.27. The Labute approximate surface area is 135 Å². The molecule has 0 saturated heterocycles. The summed E-state index contributed by atoms with van der Waals surface area (Å²) in [6, 6.07) is 6.72. The number of aromatic nitrogens is 2. The molecule has 0 fully saturated rings. The third kappa shape index (κ3) is 2.04. The van der Waals surface area contributed by atoms with E-state index in [0.29, 0.717) is 20.9 Å². The van der Waals surface area contributed by atoms with Gasteiger partial charge in [0.2, 0.25) is 0 Å². The zero-order valence-electron chi connectivity index (χ0n) is 11.7. The molecule has 0 unspecified atom stereocenters. The van der Waals surface area contributed by atoms with Crippen LogP contribution in [0.2, 0.25) is 5.02 Å². The van der Waals surface area contributed by atoms with E-state index in [1.54, 1.807) is 35.6 Å². The molecule has 4 rings (SSSR count). The van der Waals surface area contributed by atoms with E-state index in [1.165, 1.54) is 9.44 Å². The zero-order valence-corrected chi connectivity index (χ0v) is 13.3. The average molecular weight is 333 g/mol. The fourth-order valence-corrected chi connectivity index (χ4v) is 4.46. The highest BCUT2D eigenvalue weighted by molar-refractivity contribution is 7.18. The topological polar surface area (TPSA) is 54.9 Å². The summed E-state index contributed by atoms with van der Waals surface area (Å²) >= 11 is 7.42. The second kappa shape index (κ2) is 5.11. The number of rotatable bonds is 1. The molecule has 1 aliphatic carbocycles. The second-order valence-corrected chi connectivity index (χ2v) is 7.00. The van der Waals surface area contributed by atoms with E-state index in [-0.39, 0.29) is 5.56 Å². The number of nitrogens with one attached hydrogen (secondary N) is 1. The van der Waals surface area contributed by atoms with Gasteiger partial charge >= 0.3 is 5.69 Å². The molecule has 1 aromatic carbocycles. The number of halogens is 1. The van der Waals surface area contributed by atoms with Crippen molar-refractivity contribution >= 4 is 33.2 Å². The summed E-state index contributed by atoms with van der Waals surface area (Å²) < 4.78 is 1.19. The van der Waals surface area contributed by atoms with Crippen molar-refractivity contribution in [1.82, 2.24) is 9.55 Å². The smallest absolute Gasteiger partial charge is 0.298 e. The maximum atomic E-state index is 12.9. The van der Waals surface area contributed by atoms with Crippen LogP contribution >= 0.6 is 22.9 Å². The van der Waals surface area contributed by atoms with Gasteiger partial charge in [-0.1, -0.05) is 11.6 Å². The lowest BCUT2D eigenvalue weighted by molar-refractivity contribution is 0.699. The standard InChI is InChI=1S/C16H13ClN2O2S/c17-9-5-7-10(8-6-9)19-15(20)13-11-3-1-2-4-12(11)22-14(13)18-16(19)21/h5-8H,1-4H2,(H,18,21). The van der Waals surface area contributed by atoms with E-state index in [9.17, 15) is 9.59 Å². The van der Waals surface area contributed by atoms with Gasteiger partial charge in [-0.3, -0.25) is 9.78 Å². The van der Waals surface area contributed by atoms with Crippen LogP contribution in [0, 0.1) is 0 Å². The highest BCUT2D eigenvalue weighted by atomic mass is 35.5. The van der Waals surface area contributed by atoms with Gasteiger partial charge in [0.15, 0.2) is 0 Å². The fourth-order valence-electron chi connectivity index (χ4n) is 3.06. The van der Waals surface area contributed by atoms with Crippen molar-refractivity contribution < 1.29 is 0 Å². The predicted molar refractivity (Wildman–Crippen MR) is 89.7 cm³/mol. The highest BCUT2D eigenvalue weighted by Gasteiger charge is 2.21. The van der Waals surface area contributed by atoms with Crippen LogP contribution in [-0.2, 0) is 12.8 Å². The van der Waals surface area contributed by atoms with Crippen molar-refractivity contribution in [2.75, 3.05) is 0 Å². The highest BCUT2D eigenvalue weighted by Crippen LogP contribution is 2.33. The Bertz CT molecular complexity index is 982. The monoisotopic (exact) mass is 332 g/mol. The van der Waals surface area contributed by atoms with Gasteiger partial charge in [-0.2, -0.15) is 0 Å². The van der Waals surface area contributed by atoms with E-state index in [4.69, 9.17) is 11.6 Å². The molecule has 0 radical (unpaired) electrons. The van der Waals surface area contributed by atoms with Gasteiger partial charge in [-0.15, -0.1) is 11.3 Å². The van der Waals surface area contributed by atoms with Crippen LogP contribution in [0.1, 0.15) is 23.3 Å². The van der Waals surface area contributed by atoms with Gasteiger partial charge in [0.1, 0.15) is 4.83 Å². The van der Waals surface area contributed by atoms with Crippen LogP contribution in [0.4, 0.5) is 0 Å². The van der Waals surface area contributed by atoms with Crippen molar-refractivity contribution in [1.29, 1.82) is 0 Å². The Hall–Kier alpha value is -1.85. The van der Waals surface area contributed by atoms with Gasteiger partial charge < -0.3 is 0 Å². The number of fused-ring (bicyclic) bond motifs is 3. The molecule has 0 bridgehead atoms. The summed E-state index contributed by atoms with van der Waals surface area (Å²) in [5, 5.41) is 1.25. The van der Waals surface area contributed by atoms with Crippen LogP contribution < -0.4 is 11.2 Å². The van der Waals surface area contributed by atoms with Crippen LogP contribution in [0.3, 0.4) is 0 Å². The Kier molecular flexibility index (Phi) is 3.20. The van der Waals surface area contributed by atoms with E-state index in [1.807, 2.05) is 0 Å². The summed E-state index contributed by atoms with van der Waals surface area (Å²) in [5.41, 5.74) is 1.02. The first-order chi connectivity index (χ1) is 10.6. The largest absolute Gasteiger partial charge is 0.334 e. The number of aromatic amines is 1. The number of H-pyrrole nitrogens is 1. The molecule has 0 amide bonds. The molecular formula is C16H13ClN2O2S. The van der Waals surface area contributed by atoms with E-state index < -0.39 is 5.69 Å². The summed E-state index contributed by atoms with van der Waals surface area (Å²) in [4.78, 5) is 30.0. The molecule has 2 aromatic heterocycles. The molecule has 6 heteroatoms. The molecular weight excluding hydrogens is 320 g/mol. The molecule has 2 heterocycles. The number of hydrogen-bond acceptors (Lipinski definition) is 3. The molecule has 0 aliphatic heterocycles. The van der Waals surface area contributed by atoms with E-state index in [0.717, 1.165) is 31.2 Å². The summed E-state index contributed by atoms with van der Waals surface area (Å²) in [7, 11) is 0. The first-order valence-corrected chi connectivity index (χ1v) is 8.40. The molecule has 1 N–H and O–H groups in total. The quantitative estimate of drug-likeness (QED) is 0.743. The maximum absolute atomic E-state index is 12.9. The fraction of sp³-hybridized carbons (Fsp3) is 0.250. The zero-order chi connectivity index (χ0) is 15.3. The number of thiophene rings is 1. The molecule has 0 saturated carbocycles. The molecule has 1 aliphatic rings. The Morgan fingerprint density at radius 3 is 2.59 bits per heavy atom. The number of hydrogen-bond donors (Lipinski definition) is 1. The first-order valence-electron chi connectivity index (χ1n) is 7.20. The van der Waals surface area contributed by atoms with Gasteiger partial charge in [-0.05, 0) is 55.5 Å². The third-order valence-electron chi connectivity index (χ3n) is 4.10. The number of benzene rings is 1. The van der Waals surface area contributed by atoms with Crippen LogP contribution in [0.5, 0.6) is 0 Å². The molecule has 0 spiro atoms. The van der Waals surface area contributed by atoms with Crippen LogP contribution in [-0.4, -0.2) is 9.55 Å². The van der Waals surface area contributed by atoms with Crippen molar-refractivity contribution in [3.63, 3.8) is 0 Å². The van der Waals surface area contributed by atoms with E-state index >= 15 is 0 Å². The Morgan fingerprint density at radius 1 is 1.09 bits per heavy atom. The lowest BCUT2D eigenvalue weighted by atomic mass is 9.97. The normalized spacial score (nSPS) is 14.2. The van der Waals surface area contributed by atoms with Crippen LogP contribution in [0.25, 0.3) is 15.9 Å². The maximum Gasteiger partial charge on any atom is 0.334 e. The van der Waals surface area contributed by atoms with Crippen LogP contribution in [0.15, 0.2) is 33.9 Å². The van der Waals surface area contributed by atoms with E-state index in [2.05, 4.69) is 4.98 Å². The van der Waals surface area contributed by atoms with Crippen molar-refractivity contribution in [2.24, 2.45) is 0 Å². The summed E-state index contributed by atoms with van der Waals surface area (Å²) in [6.07, 6.45) is 4.15. The Balaban J connectivity index is 2.05.